The molecule has 7 heteroatoms. The highest BCUT2D eigenvalue weighted by atomic mass is 16.5. The number of urea groups is 1. The predicted octanol–water partition coefficient (Wildman–Crippen LogP) is 1.99. The van der Waals surface area contributed by atoms with Gasteiger partial charge in [-0.05, 0) is 45.0 Å². The van der Waals surface area contributed by atoms with Gasteiger partial charge in [0, 0.05) is 12.8 Å². The fourth-order valence-corrected chi connectivity index (χ4v) is 2.67. The second-order valence-corrected chi connectivity index (χ2v) is 5.58. The first-order chi connectivity index (χ1) is 11.5. The lowest BCUT2D eigenvalue weighted by atomic mass is 9.96. The van der Waals surface area contributed by atoms with Crippen molar-refractivity contribution >= 4 is 23.5 Å². The largest absolute Gasteiger partial charge is 0.492 e. The summed E-state index contributed by atoms with van der Waals surface area (Å²) in [5.74, 6) is -0.866. The van der Waals surface area contributed by atoms with Crippen LogP contribution in [-0.4, -0.2) is 42.4 Å². The number of nitrogens with zero attached hydrogens (tertiary/aromatic N) is 1. The topological polar surface area (TPSA) is 87.7 Å². The van der Waals surface area contributed by atoms with E-state index in [4.69, 9.17) is 4.74 Å². The van der Waals surface area contributed by atoms with Gasteiger partial charge >= 0.3 is 6.03 Å². The summed E-state index contributed by atoms with van der Waals surface area (Å²) in [7, 11) is 0. The van der Waals surface area contributed by atoms with Gasteiger partial charge in [0.1, 0.15) is 5.75 Å². The van der Waals surface area contributed by atoms with E-state index in [0.29, 0.717) is 48.9 Å². The molecule has 0 aromatic heterocycles. The third-order valence-electron chi connectivity index (χ3n) is 3.86. The molecule has 2 N–H and O–H groups in total. The number of rotatable bonds is 4. The van der Waals surface area contributed by atoms with Crippen LogP contribution in [0.5, 0.6) is 5.75 Å². The molecule has 1 heterocycles. The molecule has 1 aliphatic rings. The molecule has 0 unspecified atom stereocenters. The number of hydrogen-bond acceptors (Lipinski definition) is 5. The highest BCUT2D eigenvalue weighted by molar-refractivity contribution is 6.14. The average molecular weight is 333 g/mol. The highest BCUT2D eigenvalue weighted by Gasteiger charge is 2.33. The standard InChI is InChI=1S/C17H23N3O4/c1-3-24-15-7-5-4-6-14(15)19-17(23)20(12(2)21)16(22)13-8-10-18-11-9-13/h4-7,13,18H,3,8-11H2,1-2H3,(H,19,23). The molecule has 1 aromatic carbocycles. The van der Waals surface area contributed by atoms with E-state index >= 15 is 0 Å². The summed E-state index contributed by atoms with van der Waals surface area (Å²) in [5.41, 5.74) is 0.425. The van der Waals surface area contributed by atoms with Crippen LogP contribution in [0.1, 0.15) is 26.7 Å². The minimum atomic E-state index is -0.752. The van der Waals surface area contributed by atoms with Crippen molar-refractivity contribution in [3.63, 3.8) is 0 Å². The molecule has 7 nitrogen and oxygen atoms in total. The summed E-state index contributed by atoms with van der Waals surface area (Å²) in [6.07, 6.45) is 1.23. The lowest BCUT2D eigenvalue weighted by Crippen LogP contribution is -2.48. The Kier molecular flexibility index (Phi) is 6.31. The van der Waals surface area contributed by atoms with E-state index in [0.717, 1.165) is 0 Å². The number of carbonyl (C=O) groups excluding carboxylic acids is 3. The van der Waals surface area contributed by atoms with Gasteiger partial charge in [-0.3, -0.25) is 9.59 Å². The Balaban J connectivity index is 2.14. The zero-order valence-electron chi connectivity index (χ0n) is 14.0. The maximum Gasteiger partial charge on any atom is 0.335 e. The number of benzene rings is 1. The monoisotopic (exact) mass is 333 g/mol. The quantitative estimate of drug-likeness (QED) is 0.880. The number of anilines is 1. The summed E-state index contributed by atoms with van der Waals surface area (Å²) in [6, 6.07) is 6.15. The maximum atomic E-state index is 12.6. The van der Waals surface area contributed by atoms with Crippen molar-refractivity contribution in [1.29, 1.82) is 0 Å². The zero-order valence-corrected chi connectivity index (χ0v) is 14.0. The van der Waals surface area contributed by atoms with Gasteiger partial charge in [-0.25, -0.2) is 9.69 Å². The molecule has 0 spiro atoms. The van der Waals surface area contributed by atoms with E-state index in [2.05, 4.69) is 10.6 Å². The lowest BCUT2D eigenvalue weighted by molar-refractivity contribution is -0.142. The second-order valence-electron chi connectivity index (χ2n) is 5.58. The summed E-state index contributed by atoms with van der Waals surface area (Å²) >= 11 is 0. The van der Waals surface area contributed by atoms with Crippen LogP contribution in [0.4, 0.5) is 10.5 Å². The Morgan fingerprint density at radius 2 is 1.92 bits per heavy atom. The van der Waals surface area contributed by atoms with Crippen molar-refractivity contribution in [2.24, 2.45) is 5.92 Å². The second kappa shape index (κ2) is 8.44. The minimum Gasteiger partial charge on any atom is -0.492 e. The molecule has 2 rings (SSSR count). The van der Waals surface area contributed by atoms with Crippen molar-refractivity contribution in [3.05, 3.63) is 24.3 Å². The van der Waals surface area contributed by atoms with Crippen molar-refractivity contribution < 1.29 is 19.1 Å². The van der Waals surface area contributed by atoms with Crippen molar-refractivity contribution in [1.82, 2.24) is 10.2 Å². The van der Waals surface area contributed by atoms with E-state index in [1.807, 2.05) is 6.92 Å². The molecule has 0 bridgehead atoms. The number of carbonyl (C=O) groups is 3. The molecule has 24 heavy (non-hydrogen) atoms. The number of hydrogen-bond donors (Lipinski definition) is 2. The molecule has 0 saturated carbocycles. The van der Waals surface area contributed by atoms with Gasteiger partial charge in [0.2, 0.25) is 11.8 Å². The van der Waals surface area contributed by atoms with E-state index in [-0.39, 0.29) is 5.92 Å². The van der Waals surface area contributed by atoms with Crippen LogP contribution >= 0.6 is 0 Å². The van der Waals surface area contributed by atoms with Gasteiger partial charge < -0.3 is 15.4 Å². The first kappa shape index (κ1) is 17.9. The molecule has 1 fully saturated rings. The van der Waals surface area contributed by atoms with Gasteiger partial charge in [0.15, 0.2) is 0 Å². The Morgan fingerprint density at radius 3 is 2.54 bits per heavy atom. The third kappa shape index (κ3) is 4.32. The van der Waals surface area contributed by atoms with Crippen LogP contribution in [0.3, 0.4) is 0 Å². The van der Waals surface area contributed by atoms with Gasteiger partial charge in [-0.2, -0.15) is 0 Å². The summed E-state index contributed by atoms with van der Waals surface area (Å²) in [4.78, 5) is 37.6. The van der Waals surface area contributed by atoms with Crippen LogP contribution in [-0.2, 0) is 9.59 Å². The van der Waals surface area contributed by atoms with Crippen molar-refractivity contribution in [2.45, 2.75) is 26.7 Å². The number of piperidine rings is 1. The number of para-hydroxylation sites is 2. The first-order valence-corrected chi connectivity index (χ1v) is 8.12. The van der Waals surface area contributed by atoms with E-state index < -0.39 is 17.8 Å². The molecule has 0 aliphatic carbocycles. The zero-order chi connectivity index (χ0) is 17.5. The number of ether oxygens (including phenoxy) is 1. The Morgan fingerprint density at radius 1 is 1.25 bits per heavy atom. The maximum absolute atomic E-state index is 12.6. The number of amides is 4. The van der Waals surface area contributed by atoms with Gasteiger partial charge in [0.25, 0.3) is 0 Å². The SMILES string of the molecule is CCOc1ccccc1NC(=O)N(C(C)=O)C(=O)C1CCNCC1. The Hall–Kier alpha value is -2.41. The predicted molar refractivity (Wildman–Crippen MR) is 89.8 cm³/mol. The molecule has 1 aliphatic heterocycles. The molecule has 0 atom stereocenters. The summed E-state index contributed by atoms with van der Waals surface area (Å²) in [5, 5.41) is 5.76. The third-order valence-corrected chi connectivity index (χ3v) is 3.86. The van der Waals surface area contributed by atoms with Gasteiger partial charge in [-0.1, -0.05) is 12.1 Å². The number of nitrogens with one attached hydrogen (secondary N) is 2. The van der Waals surface area contributed by atoms with Crippen LogP contribution in [0.2, 0.25) is 0 Å². The highest BCUT2D eigenvalue weighted by Crippen LogP contribution is 2.24. The molecule has 1 aromatic rings. The average Bonchev–Trinajstić information content (AvgIpc) is 2.57. The fraction of sp³-hybridized carbons (Fsp3) is 0.471. The smallest absolute Gasteiger partial charge is 0.335 e. The van der Waals surface area contributed by atoms with Crippen LogP contribution in [0.15, 0.2) is 24.3 Å². The van der Waals surface area contributed by atoms with E-state index in [9.17, 15) is 14.4 Å². The molecule has 130 valence electrons. The van der Waals surface area contributed by atoms with Gasteiger partial charge in [0.05, 0.1) is 12.3 Å². The summed E-state index contributed by atoms with van der Waals surface area (Å²) in [6.45, 7) is 4.90. The van der Waals surface area contributed by atoms with E-state index in [1.165, 1.54) is 6.92 Å². The van der Waals surface area contributed by atoms with E-state index in [1.54, 1.807) is 24.3 Å². The minimum absolute atomic E-state index is 0.317. The normalized spacial score (nSPS) is 14.8. The lowest BCUT2D eigenvalue weighted by Gasteiger charge is -2.26. The molecule has 4 amide bonds. The van der Waals surface area contributed by atoms with Crippen LogP contribution in [0.25, 0.3) is 0 Å². The fourth-order valence-electron chi connectivity index (χ4n) is 2.67. The molecular formula is C17H23N3O4. The molecule has 1 saturated heterocycles. The first-order valence-electron chi connectivity index (χ1n) is 8.12. The van der Waals surface area contributed by atoms with Crippen LogP contribution < -0.4 is 15.4 Å². The van der Waals surface area contributed by atoms with Crippen molar-refractivity contribution in [3.8, 4) is 5.75 Å². The molecular weight excluding hydrogens is 310 g/mol. The Labute approximate surface area is 141 Å². The number of imide groups is 3. The van der Waals surface area contributed by atoms with Crippen molar-refractivity contribution in [2.75, 3.05) is 25.0 Å². The van der Waals surface area contributed by atoms with Crippen LogP contribution in [0, 0.1) is 5.92 Å². The summed E-state index contributed by atoms with van der Waals surface area (Å²) < 4.78 is 5.44. The van der Waals surface area contributed by atoms with Gasteiger partial charge in [-0.15, -0.1) is 0 Å². The molecule has 0 radical (unpaired) electrons. The Bertz CT molecular complexity index is 612.